The molecule has 2 N–H and O–H groups in total. The first-order valence-electron chi connectivity index (χ1n) is 8.96. The summed E-state index contributed by atoms with van der Waals surface area (Å²) in [6, 6.07) is 9.36. The zero-order chi connectivity index (χ0) is 21.6. The summed E-state index contributed by atoms with van der Waals surface area (Å²) >= 11 is 12.0. The molecule has 5 nitrogen and oxygen atoms in total. The Hall–Kier alpha value is -3.15. The second kappa shape index (κ2) is 7.59. The molecular formula is C23H16Cl2O5. The van der Waals surface area contributed by atoms with Gasteiger partial charge in [0.1, 0.15) is 11.5 Å². The van der Waals surface area contributed by atoms with Crippen LogP contribution >= 0.6 is 23.2 Å². The van der Waals surface area contributed by atoms with Crippen molar-refractivity contribution in [2.24, 2.45) is 0 Å². The van der Waals surface area contributed by atoms with Gasteiger partial charge in [-0.3, -0.25) is 4.79 Å². The van der Waals surface area contributed by atoms with Gasteiger partial charge >= 0.3 is 0 Å². The molecule has 0 amide bonds. The molecule has 0 spiro atoms. The highest BCUT2D eigenvalue weighted by Crippen LogP contribution is 2.41. The molecule has 2 aromatic heterocycles. The van der Waals surface area contributed by atoms with Gasteiger partial charge in [0.15, 0.2) is 11.5 Å². The second-order valence-corrected chi connectivity index (χ2v) is 7.76. The number of hydrogen-bond donors (Lipinski definition) is 2. The van der Waals surface area contributed by atoms with E-state index in [0.29, 0.717) is 43.4 Å². The minimum atomic E-state index is -0.530. The summed E-state index contributed by atoms with van der Waals surface area (Å²) < 4.78 is 11.0. The first-order chi connectivity index (χ1) is 14.3. The van der Waals surface area contributed by atoms with Gasteiger partial charge in [-0.25, -0.2) is 0 Å². The fourth-order valence-corrected chi connectivity index (χ4v) is 4.15. The molecule has 0 radical (unpaired) electrons. The quantitative estimate of drug-likeness (QED) is 0.340. The fraction of sp³-hybridized carbons (Fsp3) is 0.0870. The molecule has 30 heavy (non-hydrogen) atoms. The van der Waals surface area contributed by atoms with E-state index in [1.165, 1.54) is 24.7 Å². The number of halogens is 2. The van der Waals surface area contributed by atoms with Crippen LogP contribution < -0.4 is 0 Å². The van der Waals surface area contributed by atoms with Crippen LogP contribution in [-0.4, -0.2) is 16.0 Å². The van der Waals surface area contributed by atoms with E-state index in [1.807, 2.05) is 0 Å². The Kier molecular flexibility index (Phi) is 5.10. The van der Waals surface area contributed by atoms with Crippen molar-refractivity contribution in [3.8, 4) is 33.8 Å². The summed E-state index contributed by atoms with van der Waals surface area (Å²) in [4.78, 5) is 13.3. The average Bonchev–Trinajstić information content (AvgIpc) is 3.29. The van der Waals surface area contributed by atoms with E-state index in [0.717, 1.165) is 0 Å². The van der Waals surface area contributed by atoms with Crippen molar-refractivity contribution in [1.82, 2.24) is 0 Å². The zero-order valence-electron chi connectivity index (χ0n) is 16.0. The Bertz CT molecular complexity index is 1140. The van der Waals surface area contributed by atoms with Crippen LogP contribution in [0.5, 0.6) is 11.5 Å². The van der Waals surface area contributed by atoms with Crippen LogP contribution in [0.1, 0.15) is 27.4 Å². The Morgan fingerprint density at radius 3 is 1.53 bits per heavy atom. The Balaban J connectivity index is 1.84. The molecule has 0 aliphatic heterocycles. The van der Waals surface area contributed by atoms with E-state index in [9.17, 15) is 15.0 Å². The minimum absolute atomic E-state index is 0.00183. The Morgan fingerprint density at radius 1 is 0.767 bits per heavy atom. The number of benzene rings is 2. The van der Waals surface area contributed by atoms with Crippen LogP contribution in [0.4, 0.5) is 0 Å². The molecule has 0 aliphatic rings. The van der Waals surface area contributed by atoms with Gasteiger partial charge in [-0.05, 0) is 61.4 Å². The molecule has 0 aliphatic carbocycles. The first kappa shape index (κ1) is 20.1. The topological polar surface area (TPSA) is 83.8 Å². The monoisotopic (exact) mass is 442 g/mol. The summed E-state index contributed by atoms with van der Waals surface area (Å²) in [6.45, 7) is 3.55. The summed E-state index contributed by atoms with van der Waals surface area (Å²) in [6.07, 6.45) is 2.73. The largest absolute Gasteiger partial charge is 0.507 e. The molecule has 2 aromatic carbocycles. The summed E-state index contributed by atoms with van der Waals surface area (Å²) in [7, 11) is 0. The Labute approximate surface area is 182 Å². The van der Waals surface area contributed by atoms with E-state index < -0.39 is 5.78 Å². The molecule has 4 aromatic rings. The van der Waals surface area contributed by atoms with Crippen LogP contribution in [-0.2, 0) is 0 Å². The Morgan fingerprint density at radius 2 is 1.17 bits per heavy atom. The first-order valence-corrected chi connectivity index (χ1v) is 9.72. The number of rotatable bonds is 4. The highest BCUT2D eigenvalue weighted by atomic mass is 35.5. The van der Waals surface area contributed by atoms with Gasteiger partial charge in [-0.1, -0.05) is 23.2 Å². The maximum absolute atomic E-state index is 13.3. The number of phenolic OH excluding ortho intramolecular Hbond substituents is 2. The maximum Gasteiger partial charge on any atom is 0.264 e. The van der Waals surface area contributed by atoms with Crippen LogP contribution in [0.25, 0.3) is 22.3 Å². The van der Waals surface area contributed by atoms with E-state index in [2.05, 4.69) is 0 Å². The lowest BCUT2D eigenvalue weighted by molar-refractivity contribution is 0.0985. The number of furan rings is 2. The molecule has 0 bridgehead atoms. The number of aromatic hydroxyl groups is 2. The highest BCUT2D eigenvalue weighted by Gasteiger charge is 2.28. The minimum Gasteiger partial charge on any atom is -0.507 e. The third-order valence-corrected chi connectivity index (χ3v) is 5.28. The SMILES string of the molecule is Cc1cc(Cl)cc(O)c1-c1ccoc1C(=O)c1occc1-c1c(C)cc(Cl)cc1O. The standard InChI is InChI=1S/C23H16Cl2O5/c1-11-7-13(24)9-17(26)19(11)15-3-5-29-22(15)21(28)23-16(4-6-30-23)20-12(2)8-14(25)10-18(20)27/h3-10,26-27H,1-2H3. The van der Waals surface area contributed by atoms with Gasteiger partial charge in [0.05, 0.1) is 12.5 Å². The summed E-state index contributed by atoms with van der Waals surface area (Å²) in [5.41, 5.74) is 3.06. The molecule has 7 heteroatoms. The normalized spacial score (nSPS) is 11.1. The maximum atomic E-state index is 13.3. The lowest BCUT2D eigenvalue weighted by Gasteiger charge is -2.11. The number of phenols is 2. The van der Waals surface area contributed by atoms with Crippen molar-refractivity contribution in [3.63, 3.8) is 0 Å². The second-order valence-electron chi connectivity index (χ2n) is 6.89. The third kappa shape index (κ3) is 3.36. The van der Waals surface area contributed by atoms with Crippen molar-refractivity contribution in [2.75, 3.05) is 0 Å². The van der Waals surface area contributed by atoms with Crippen LogP contribution in [0.15, 0.2) is 57.8 Å². The fourth-order valence-electron chi connectivity index (χ4n) is 3.62. The van der Waals surface area contributed by atoms with Gasteiger partial charge < -0.3 is 19.0 Å². The van der Waals surface area contributed by atoms with Crippen LogP contribution in [0, 0.1) is 13.8 Å². The molecule has 0 atom stereocenters. The molecule has 0 unspecified atom stereocenters. The van der Waals surface area contributed by atoms with E-state index >= 15 is 0 Å². The van der Waals surface area contributed by atoms with Crippen molar-refractivity contribution in [1.29, 1.82) is 0 Å². The van der Waals surface area contributed by atoms with Crippen molar-refractivity contribution >= 4 is 29.0 Å². The van der Waals surface area contributed by atoms with Crippen molar-refractivity contribution < 1.29 is 23.8 Å². The molecule has 152 valence electrons. The predicted molar refractivity (Wildman–Crippen MR) is 115 cm³/mol. The highest BCUT2D eigenvalue weighted by molar-refractivity contribution is 6.31. The lowest BCUT2D eigenvalue weighted by atomic mass is 9.95. The molecule has 0 fully saturated rings. The van der Waals surface area contributed by atoms with Gasteiger partial charge in [-0.15, -0.1) is 0 Å². The van der Waals surface area contributed by atoms with Crippen LogP contribution in [0.3, 0.4) is 0 Å². The van der Waals surface area contributed by atoms with Gasteiger partial charge in [0, 0.05) is 32.3 Å². The number of hydrogen-bond acceptors (Lipinski definition) is 5. The van der Waals surface area contributed by atoms with Crippen LogP contribution in [0.2, 0.25) is 10.0 Å². The summed E-state index contributed by atoms with van der Waals surface area (Å²) in [5, 5.41) is 21.6. The lowest BCUT2D eigenvalue weighted by Crippen LogP contribution is -2.03. The zero-order valence-corrected chi connectivity index (χ0v) is 17.5. The van der Waals surface area contributed by atoms with E-state index in [4.69, 9.17) is 32.0 Å². The molecular weight excluding hydrogens is 427 g/mol. The smallest absolute Gasteiger partial charge is 0.264 e. The number of aryl methyl sites for hydroxylation is 2. The van der Waals surface area contributed by atoms with Gasteiger partial charge in [0.2, 0.25) is 0 Å². The van der Waals surface area contributed by atoms with E-state index in [-0.39, 0.29) is 23.0 Å². The molecule has 0 saturated heterocycles. The predicted octanol–water partition coefficient (Wildman–Crippen LogP) is 6.77. The van der Waals surface area contributed by atoms with Crippen molar-refractivity contribution in [3.05, 3.63) is 81.6 Å². The molecule has 4 rings (SSSR count). The average molecular weight is 443 g/mol. The number of carbonyl (C=O) groups is 1. The van der Waals surface area contributed by atoms with Gasteiger partial charge in [-0.2, -0.15) is 0 Å². The summed E-state index contributed by atoms with van der Waals surface area (Å²) in [5.74, 6) is -0.670. The number of ketones is 1. The van der Waals surface area contributed by atoms with Crippen molar-refractivity contribution in [2.45, 2.75) is 13.8 Å². The third-order valence-electron chi connectivity index (χ3n) is 4.84. The van der Waals surface area contributed by atoms with Gasteiger partial charge in [0.25, 0.3) is 5.78 Å². The van der Waals surface area contributed by atoms with E-state index in [1.54, 1.807) is 38.1 Å². The molecule has 0 saturated carbocycles. The number of carbonyl (C=O) groups excluding carboxylic acids is 1. The molecule has 2 heterocycles.